The minimum Gasteiger partial charge on any atom is -0.381 e. The van der Waals surface area contributed by atoms with Gasteiger partial charge in [0.2, 0.25) is 0 Å². The van der Waals surface area contributed by atoms with Crippen LogP contribution in [-0.4, -0.2) is 38.8 Å². The first-order valence-corrected chi connectivity index (χ1v) is 8.99. The second kappa shape index (κ2) is 7.84. The van der Waals surface area contributed by atoms with E-state index in [2.05, 4.69) is 59.0 Å². The van der Waals surface area contributed by atoms with Crippen LogP contribution < -0.4 is 10.6 Å². The molecule has 1 aliphatic heterocycles. The van der Waals surface area contributed by atoms with Crippen molar-refractivity contribution >= 4 is 5.96 Å². The number of benzene rings is 1. The van der Waals surface area contributed by atoms with Gasteiger partial charge in [-0.3, -0.25) is 4.99 Å². The third-order valence-corrected chi connectivity index (χ3v) is 5.33. The summed E-state index contributed by atoms with van der Waals surface area (Å²) < 4.78 is 5.64. The van der Waals surface area contributed by atoms with E-state index in [-0.39, 0.29) is 5.41 Å². The maximum absolute atomic E-state index is 5.64. The number of ether oxygens (including phenoxy) is 1. The van der Waals surface area contributed by atoms with E-state index in [1.165, 1.54) is 11.1 Å². The Kier molecular flexibility index (Phi) is 5.56. The van der Waals surface area contributed by atoms with Crippen molar-refractivity contribution in [2.75, 3.05) is 26.8 Å². The summed E-state index contributed by atoms with van der Waals surface area (Å²) in [6.07, 6.45) is 8.73. The Balaban J connectivity index is 1.71. The van der Waals surface area contributed by atoms with Gasteiger partial charge in [0.05, 0.1) is 0 Å². The fourth-order valence-electron chi connectivity index (χ4n) is 3.85. The Morgan fingerprint density at radius 2 is 1.92 bits per heavy atom. The molecule has 0 saturated carbocycles. The number of hydrogen-bond donors (Lipinski definition) is 2. The zero-order valence-corrected chi connectivity index (χ0v) is 14.8. The second-order valence-electron chi connectivity index (χ2n) is 6.92. The highest BCUT2D eigenvalue weighted by molar-refractivity contribution is 5.80. The molecule has 0 aromatic heterocycles. The number of nitrogens with one attached hydrogen (secondary N) is 2. The molecular weight excluding hydrogens is 298 g/mol. The van der Waals surface area contributed by atoms with Crippen molar-refractivity contribution < 1.29 is 4.74 Å². The van der Waals surface area contributed by atoms with E-state index >= 15 is 0 Å². The monoisotopic (exact) mass is 327 g/mol. The lowest BCUT2D eigenvalue weighted by atomic mass is 9.72. The molecule has 0 radical (unpaired) electrons. The van der Waals surface area contributed by atoms with Crippen LogP contribution in [-0.2, 0) is 10.2 Å². The highest BCUT2D eigenvalue weighted by Gasteiger charge is 2.35. The van der Waals surface area contributed by atoms with Crippen LogP contribution in [0.25, 0.3) is 0 Å². The van der Waals surface area contributed by atoms with Crippen LogP contribution in [0.2, 0.25) is 0 Å². The van der Waals surface area contributed by atoms with Crippen molar-refractivity contribution in [1.82, 2.24) is 10.6 Å². The molecule has 1 saturated heterocycles. The second-order valence-corrected chi connectivity index (χ2v) is 6.92. The standard InChI is InChI=1S/C20H29N3O/c1-16-7-3-6-10-18(16)20(11-13-24-14-12-20)15-22-19(21-2)23-17-8-4-5-9-17/h3-7,10,17H,8-9,11-15H2,1-2H3,(H2,21,22,23). The molecule has 0 spiro atoms. The van der Waals surface area contributed by atoms with Gasteiger partial charge in [-0.1, -0.05) is 36.4 Å². The van der Waals surface area contributed by atoms with E-state index in [1.807, 2.05) is 7.05 Å². The van der Waals surface area contributed by atoms with E-state index in [0.29, 0.717) is 6.04 Å². The number of rotatable bonds is 4. The first-order chi connectivity index (χ1) is 11.7. The normalized spacial score (nSPS) is 21.0. The van der Waals surface area contributed by atoms with Gasteiger partial charge in [0.15, 0.2) is 5.96 Å². The molecular formula is C20H29N3O. The van der Waals surface area contributed by atoms with Gasteiger partial charge >= 0.3 is 0 Å². The molecule has 0 bridgehead atoms. The molecule has 1 aromatic rings. The zero-order chi connectivity index (χ0) is 16.8. The lowest BCUT2D eigenvalue weighted by Gasteiger charge is -2.39. The van der Waals surface area contributed by atoms with E-state index < -0.39 is 0 Å². The number of guanidine groups is 1. The van der Waals surface area contributed by atoms with Crippen LogP contribution in [0, 0.1) is 6.92 Å². The molecule has 0 amide bonds. The summed E-state index contributed by atoms with van der Waals surface area (Å²) in [5.74, 6) is 0.906. The molecule has 1 heterocycles. The summed E-state index contributed by atoms with van der Waals surface area (Å²) in [6.45, 7) is 4.76. The summed E-state index contributed by atoms with van der Waals surface area (Å²) in [5, 5.41) is 7.12. The third kappa shape index (κ3) is 3.81. The molecule has 4 heteroatoms. The third-order valence-electron chi connectivity index (χ3n) is 5.33. The lowest BCUT2D eigenvalue weighted by Crippen LogP contribution is -2.50. The van der Waals surface area contributed by atoms with Crippen LogP contribution in [0.4, 0.5) is 0 Å². The Hall–Kier alpha value is -1.81. The van der Waals surface area contributed by atoms with Crippen molar-refractivity contribution in [3.05, 3.63) is 47.5 Å². The Bertz CT molecular complexity index is 595. The Labute approximate surface area is 145 Å². The van der Waals surface area contributed by atoms with Gasteiger partial charge in [-0.15, -0.1) is 0 Å². The molecule has 2 N–H and O–H groups in total. The summed E-state index contributed by atoms with van der Waals surface area (Å²) in [6, 6.07) is 9.23. The van der Waals surface area contributed by atoms with Crippen LogP contribution in [0.1, 0.15) is 36.8 Å². The van der Waals surface area contributed by atoms with Gasteiger partial charge in [-0.25, -0.2) is 0 Å². The number of nitrogens with zero attached hydrogens (tertiary/aromatic N) is 1. The molecule has 1 aliphatic carbocycles. The predicted molar refractivity (Wildman–Crippen MR) is 99.6 cm³/mol. The first kappa shape index (κ1) is 17.0. The average Bonchev–Trinajstić information content (AvgIpc) is 3.13. The maximum Gasteiger partial charge on any atom is 0.191 e. The molecule has 0 atom stereocenters. The van der Waals surface area contributed by atoms with Crippen molar-refractivity contribution in [2.45, 2.75) is 44.1 Å². The van der Waals surface area contributed by atoms with E-state index in [4.69, 9.17) is 4.74 Å². The molecule has 3 rings (SSSR count). The molecule has 4 nitrogen and oxygen atoms in total. The minimum absolute atomic E-state index is 0.120. The van der Waals surface area contributed by atoms with Crippen molar-refractivity contribution in [3.8, 4) is 0 Å². The van der Waals surface area contributed by atoms with E-state index in [1.54, 1.807) is 0 Å². The highest BCUT2D eigenvalue weighted by Crippen LogP contribution is 2.36. The Morgan fingerprint density at radius 3 is 2.58 bits per heavy atom. The fourth-order valence-corrected chi connectivity index (χ4v) is 3.85. The van der Waals surface area contributed by atoms with E-state index in [9.17, 15) is 0 Å². The molecule has 1 aromatic carbocycles. The van der Waals surface area contributed by atoms with Crippen LogP contribution >= 0.6 is 0 Å². The summed E-state index contributed by atoms with van der Waals surface area (Å²) >= 11 is 0. The van der Waals surface area contributed by atoms with Gasteiger partial charge < -0.3 is 15.4 Å². The molecule has 24 heavy (non-hydrogen) atoms. The Morgan fingerprint density at radius 1 is 1.21 bits per heavy atom. The first-order valence-electron chi connectivity index (χ1n) is 8.99. The summed E-state index contributed by atoms with van der Waals surface area (Å²) in [7, 11) is 1.85. The number of aryl methyl sites for hydroxylation is 1. The van der Waals surface area contributed by atoms with Crippen LogP contribution in [0.3, 0.4) is 0 Å². The molecule has 130 valence electrons. The smallest absolute Gasteiger partial charge is 0.191 e. The predicted octanol–water partition coefficient (Wildman–Crippen LogP) is 2.93. The summed E-state index contributed by atoms with van der Waals surface area (Å²) in [5.41, 5.74) is 2.93. The SMILES string of the molecule is CN=C(NCC1(c2ccccc2C)CCOCC1)NC1CC=CC1. The quantitative estimate of drug-likeness (QED) is 0.508. The van der Waals surface area contributed by atoms with Crippen molar-refractivity contribution in [3.63, 3.8) is 0 Å². The van der Waals surface area contributed by atoms with E-state index in [0.717, 1.165) is 51.4 Å². The molecule has 0 unspecified atom stereocenters. The van der Waals surface area contributed by atoms with Crippen molar-refractivity contribution in [2.24, 2.45) is 4.99 Å². The molecule has 2 aliphatic rings. The van der Waals surface area contributed by atoms with Crippen LogP contribution in [0.5, 0.6) is 0 Å². The lowest BCUT2D eigenvalue weighted by molar-refractivity contribution is 0.0511. The largest absolute Gasteiger partial charge is 0.381 e. The average molecular weight is 327 g/mol. The summed E-state index contributed by atoms with van der Waals surface area (Å²) in [4.78, 5) is 4.42. The highest BCUT2D eigenvalue weighted by atomic mass is 16.5. The van der Waals surface area contributed by atoms with Crippen molar-refractivity contribution in [1.29, 1.82) is 0 Å². The number of hydrogen-bond acceptors (Lipinski definition) is 2. The topological polar surface area (TPSA) is 45.7 Å². The van der Waals surface area contributed by atoms with Gasteiger partial charge in [0, 0.05) is 38.3 Å². The number of aliphatic imine (C=N–C) groups is 1. The maximum atomic E-state index is 5.64. The minimum atomic E-state index is 0.120. The van der Waals surface area contributed by atoms with Gasteiger partial charge in [-0.05, 0) is 43.7 Å². The zero-order valence-electron chi connectivity index (χ0n) is 14.8. The van der Waals surface area contributed by atoms with Gasteiger partial charge in [0.25, 0.3) is 0 Å². The van der Waals surface area contributed by atoms with Gasteiger partial charge in [0.1, 0.15) is 0 Å². The molecule has 1 fully saturated rings. The van der Waals surface area contributed by atoms with Crippen LogP contribution in [0.15, 0.2) is 41.4 Å². The fraction of sp³-hybridized carbons (Fsp3) is 0.550. The van der Waals surface area contributed by atoms with Gasteiger partial charge in [-0.2, -0.15) is 0 Å².